The summed E-state index contributed by atoms with van der Waals surface area (Å²) in [7, 11) is 0. The summed E-state index contributed by atoms with van der Waals surface area (Å²) in [5.41, 5.74) is 1.23. The van der Waals surface area contributed by atoms with Gasteiger partial charge in [-0.2, -0.15) is 0 Å². The van der Waals surface area contributed by atoms with Gasteiger partial charge in [-0.1, -0.05) is 30.3 Å². The monoisotopic (exact) mass is 384 g/mol. The topological polar surface area (TPSA) is 86.7 Å². The van der Waals surface area contributed by atoms with Crippen LogP contribution < -0.4 is 10.2 Å². The van der Waals surface area contributed by atoms with Crippen LogP contribution in [-0.2, 0) is 14.4 Å². The minimum Gasteiger partial charge on any atom is -0.479 e. The fourth-order valence-electron chi connectivity index (χ4n) is 3.09. The Morgan fingerprint density at radius 3 is 2.41 bits per heavy atom. The van der Waals surface area contributed by atoms with Crippen molar-refractivity contribution in [1.82, 2.24) is 5.32 Å². The molecule has 7 heteroatoms. The third kappa shape index (κ3) is 4.31. The van der Waals surface area contributed by atoms with Crippen LogP contribution in [0.4, 0.5) is 5.69 Å². The molecule has 140 valence electrons. The van der Waals surface area contributed by atoms with Gasteiger partial charge in [-0.3, -0.25) is 9.59 Å². The molecular formula is C20H20N2O4S. The van der Waals surface area contributed by atoms with Gasteiger partial charge in [-0.05, 0) is 36.1 Å². The Balaban J connectivity index is 1.70. The van der Waals surface area contributed by atoms with E-state index in [4.69, 9.17) is 0 Å². The normalized spacial score (nSPS) is 17.6. The third-order valence-electron chi connectivity index (χ3n) is 4.55. The summed E-state index contributed by atoms with van der Waals surface area (Å²) in [6, 6.07) is 14.9. The zero-order valence-electron chi connectivity index (χ0n) is 14.8. The SMILES string of the molecule is CSc1ccc(N2CC(C(=O)N[C@H](C(=O)O)c3ccccc3)CC2=O)cc1. The molecule has 2 N–H and O–H groups in total. The molecule has 0 aliphatic carbocycles. The van der Waals surface area contributed by atoms with E-state index in [1.54, 1.807) is 47.0 Å². The molecule has 2 amide bonds. The Bertz CT molecular complexity index is 839. The molecule has 1 saturated heterocycles. The Morgan fingerprint density at radius 2 is 1.81 bits per heavy atom. The summed E-state index contributed by atoms with van der Waals surface area (Å²) in [5, 5.41) is 12.0. The van der Waals surface area contributed by atoms with E-state index in [0.717, 1.165) is 10.6 Å². The molecule has 0 saturated carbocycles. The van der Waals surface area contributed by atoms with Gasteiger partial charge in [0.05, 0.1) is 5.92 Å². The number of carboxylic acid groups (broad SMARTS) is 1. The van der Waals surface area contributed by atoms with Crippen LogP contribution in [0.1, 0.15) is 18.0 Å². The van der Waals surface area contributed by atoms with Gasteiger partial charge in [0.2, 0.25) is 11.8 Å². The molecule has 6 nitrogen and oxygen atoms in total. The maximum absolute atomic E-state index is 12.6. The molecule has 0 radical (unpaired) electrons. The number of carboxylic acids is 1. The van der Waals surface area contributed by atoms with Crippen LogP contribution in [0, 0.1) is 5.92 Å². The number of nitrogens with one attached hydrogen (secondary N) is 1. The van der Waals surface area contributed by atoms with Gasteiger partial charge < -0.3 is 15.3 Å². The van der Waals surface area contributed by atoms with Crippen molar-refractivity contribution in [3.63, 3.8) is 0 Å². The number of hydrogen-bond donors (Lipinski definition) is 2. The number of benzene rings is 2. The summed E-state index contributed by atoms with van der Waals surface area (Å²) < 4.78 is 0. The van der Waals surface area contributed by atoms with Crippen molar-refractivity contribution in [1.29, 1.82) is 0 Å². The average molecular weight is 384 g/mol. The van der Waals surface area contributed by atoms with Crippen molar-refractivity contribution >= 4 is 35.2 Å². The Labute approximate surface area is 161 Å². The number of hydrogen-bond acceptors (Lipinski definition) is 4. The molecule has 0 spiro atoms. The molecule has 2 aromatic carbocycles. The molecular weight excluding hydrogens is 364 g/mol. The van der Waals surface area contributed by atoms with Crippen molar-refractivity contribution in [2.75, 3.05) is 17.7 Å². The molecule has 2 atom stereocenters. The molecule has 1 aliphatic rings. The molecule has 1 unspecified atom stereocenters. The maximum Gasteiger partial charge on any atom is 0.330 e. The number of thioether (sulfide) groups is 1. The second kappa shape index (κ2) is 8.26. The van der Waals surface area contributed by atoms with Gasteiger partial charge in [0, 0.05) is 23.5 Å². The molecule has 1 heterocycles. The van der Waals surface area contributed by atoms with Gasteiger partial charge in [0.1, 0.15) is 0 Å². The Hall–Kier alpha value is -2.80. The van der Waals surface area contributed by atoms with Crippen LogP contribution >= 0.6 is 11.8 Å². The van der Waals surface area contributed by atoms with E-state index in [2.05, 4.69) is 5.32 Å². The zero-order chi connectivity index (χ0) is 19.4. The largest absolute Gasteiger partial charge is 0.479 e. The van der Waals surface area contributed by atoms with E-state index >= 15 is 0 Å². The summed E-state index contributed by atoms with van der Waals surface area (Å²) in [6.07, 6.45) is 2.04. The van der Waals surface area contributed by atoms with Crippen molar-refractivity contribution in [3.8, 4) is 0 Å². The van der Waals surface area contributed by atoms with Gasteiger partial charge in [-0.15, -0.1) is 11.8 Å². The number of carbonyl (C=O) groups is 3. The van der Waals surface area contributed by atoms with E-state index < -0.39 is 23.8 Å². The van der Waals surface area contributed by atoms with E-state index in [0.29, 0.717) is 5.56 Å². The van der Waals surface area contributed by atoms with Crippen LogP contribution in [0.25, 0.3) is 0 Å². The second-order valence-electron chi connectivity index (χ2n) is 6.29. The van der Waals surface area contributed by atoms with Crippen molar-refractivity contribution < 1.29 is 19.5 Å². The van der Waals surface area contributed by atoms with Crippen molar-refractivity contribution in [3.05, 3.63) is 60.2 Å². The zero-order valence-corrected chi connectivity index (χ0v) is 15.6. The number of rotatable bonds is 6. The van der Waals surface area contributed by atoms with Crippen LogP contribution in [-0.4, -0.2) is 35.7 Å². The maximum atomic E-state index is 12.6. The lowest BCUT2D eigenvalue weighted by Gasteiger charge is -2.19. The van der Waals surface area contributed by atoms with Gasteiger partial charge in [0.15, 0.2) is 6.04 Å². The number of carbonyl (C=O) groups excluding carboxylic acids is 2. The average Bonchev–Trinajstić information content (AvgIpc) is 3.08. The Kier molecular flexibility index (Phi) is 5.81. The highest BCUT2D eigenvalue weighted by molar-refractivity contribution is 7.98. The number of anilines is 1. The van der Waals surface area contributed by atoms with E-state index in [-0.39, 0.29) is 18.9 Å². The first kappa shape index (κ1) is 19.0. The fourth-order valence-corrected chi connectivity index (χ4v) is 3.50. The standard InChI is InChI=1S/C20H20N2O4S/c1-27-16-9-7-15(8-10-16)22-12-14(11-17(22)23)19(24)21-18(20(25)26)13-5-3-2-4-6-13/h2-10,14,18H,11-12H2,1H3,(H,21,24)(H,25,26)/t14?,18-/m0/s1. The lowest BCUT2D eigenvalue weighted by Crippen LogP contribution is -2.38. The summed E-state index contributed by atoms with van der Waals surface area (Å²) in [5.74, 6) is -2.28. The number of nitrogens with zero attached hydrogens (tertiary/aromatic N) is 1. The predicted molar refractivity (Wildman–Crippen MR) is 104 cm³/mol. The van der Waals surface area contributed by atoms with Crippen LogP contribution in [0.2, 0.25) is 0 Å². The van der Waals surface area contributed by atoms with E-state index in [1.165, 1.54) is 0 Å². The fraction of sp³-hybridized carbons (Fsp3) is 0.250. The molecule has 27 heavy (non-hydrogen) atoms. The second-order valence-corrected chi connectivity index (χ2v) is 7.17. The smallest absolute Gasteiger partial charge is 0.330 e. The highest BCUT2D eigenvalue weighted by Gasteiger charge is 2.36. The first-order chi connectivity index (χ1) is 13.0. The highest BCUT2D eigenvalue weighted by Crippen LogP contribution is 2.27. The van der Waals surface area contributed by atoms with E-state index in [9.17, 15) is 19.5 Å². The molecule has 1 aliphatic heterocycles. The first-order valence-corrected chi connectivity index (χ1v) is 9.74. The quantitative estimate of drug-likeness (QED) is 0.748. The summed E-state index contributed by atoms with van der Waals surface area (Å²) in [6.45, 7) is 0.240. The summed E-state index contributed by atoms with van der Waals surface area (Å²) >= 11 is 1.61. The van der Waals surface area contributed by atoms with Crippen LogP contribution in [0.15, 0.2) is 59.5 Å². The van der Waals surface area contributed by atoms with Crippen LogP contribution in [0.5, 0.6) is 0 Å². The lowest BCUT2D eigenvalue weighted by atomic mass is 10.0. The van der Waals surface area contributed by atoms with E-state index in [1.807, 2.05) is 30.5 Å². The number of aliphatic carboxylic acids is 1. The molecule has 1 fully saturated rings. The molecule has 2 aromatic rings. The van der Waals surface area contributed by atoms with Crippen molar-refractivity contribution in [2.45, 2.75) is 17.4 Å². The molecule has 3 rings (SSSR count). The predicted octanol–water partition coefficient (Wildman–Crippen LogP) is 2.70. The molecule has 0 aromatic heterocycles. The van der Waals surface area contributed by atoms with Crippen molar-refractivity contribution in [2.24, 2.45) is 5.92 Å². The lowest BCUT2D eigenvalue weighted by molar-refractivity contribution is -0.142. The van der Waals surface area contributed by atoms with Gasteiger partial charge >= 0.3 is 5.97 Å². The van der Waals surface area contributed by atoms with Gasteiger partial charge in [-0.25, -0.2) is 4.79 Å². The summed E-state index contributed by atoms with van der Waals surface area (Å²) in [4.78, 5) is 39.2. The Morgan fingerprint density at radius 1 is 1.15 bits per heavy atom. The number of amides is 2. The first-order valence-electron chi connectivity index (χ1n) is 8.52. The minimum atomic E-state index is -1.14. The highest BCUT2D eigenvalue weighted by atomic mass is 32.2. The third-order valence-corrected chi connectivity index (χ3v) is 5.29. The van der Waals surface area contributed by atoms with Crippen LogP contribution in [0.3, 0.4) is 0 Å². The van der Waals surface area contributed by atoms with Gasteiger partial charge in [0.25, 0.3) is 0 Å². The minimum absolute atomic E-state index is 0.0667. The molecule has 0 bridgehead atoms.